The summed E-state index contributed by atoms with van der Waals surface area (Å²) in [6.45, 7) is 6.81. The van der Waals surface area contributed by atoms with Crippen LogP contribution in [0.15, 0.2) is 52.1 Å². The van der Waals surface area contributed by atoms with Gasteiger partial charge < -0.3 is 24.1 Å². The molecule has 2 heterocycles. The van der Waals surface area contributed by atoms with Gasteiger partial charge in [-0.1, -0.05) is 12.1 Å². The summed E-state index contributed by atoms with van der Waals surface area (Å²) in [7, 11) is 3.92. The van der Waals surface area contributed by atoms with Crippen molar-refractivity contribution in [2.24, 2.45) is 0 Å². The fraction of sp³-hybridized carbons (Fsp3) is 0.417. The lowest BCUT2D eigenvalue weighted by Crippen LogP contribution is -2.33. The van der Waals surface area contributed by atoms with Gasteiger partial charge in [-0.2, -0.15) is 0 Å². The van der Waals surface area contributed by atoms with Gasteiger partial charge in [-0.15, -0.1) is 0 Å². The largest absolute Gasteiger partial charge is 0.503 e. The molecule has 1 aromatic carbocycles. The Morgan fingerprint density at radius 3 is 2.42 bits per heavy atom. The molecular weight excluding hydrogens is 396 g/mol. The first-order valence-electron chi connectivity index (χ1n) is 10.5. The Bertz CT molecular complexity index is 972. The van der Waals surface area contributed by atoms with Crippen LogP contribution in [0.2, 0.25) is 0 Å². The molecule has 0 radical (unpaired) electrons. The van der Waals surface area contributed by atoms with E-state index in [0.29, 0.717) is 24.5 Å². The zero-order valence-electron chi connectivity index (χ0n) is 18.7. The number of ketones is 1. The first-order valence-corrected chi connectivity index (χ1v) is 10.5. The zero-order chi connectivity index (χ0) is 22.7. The number of aryl methyl sites for hydroxylation is 1. The highest BCUT2D eigenvalue weighted by Crippen LogP contribution is 2.39. The molecule has 31 heavy (non-hydrogen) atoms. The predicted octanol–water partition coefficient (Wildman–Crippen LogP) is 3.91. The van der Waals surface area contributed by atoms with Gasteiger partial charge in [0, 0.05) is 6.54 Å². The Kier molecular flexibility index (Phi) is 6.85. The number of nitrogens with zero attached hydrogens (tertiary/aromatic N) is 2. The maximum Gasteiger partial charge on any atom is 0.290 e. The highest BCUT2D eigenvalue weighted by atomic mass is 16.5. The minimum Gasteiger partial charge on any atom is -0.503 e. The number of furan rings is 1. The number of carbonyl (C=O) groups excluding carboxylic acids is 2. The Morgan fingerprint density at radius 2 is 1.87 bits per heavy atom. The van der Waals surface area contributed by atoms with Crippen LogP contribution in [0.25, 0.3) is 0 Å². The maximum absolute atomic E-state index is 13.2. The molecule has 0 aliphatic carbocycles. The minimum atomic E-state index is -0.694. The van der Waals surface area contributed by atoms with Crippen LogP contribution >= 0.6 is 0 Å². The summed E-state index contributed by atoms with van der Waals surface area (Å²) in [5.41, 5.74) is 0.770. The average molecular weight is 427 g/mol. The van der Waals surface area contributed by atoms with Crippen molar-refractivity contribution in [1.82, 2.24) is 9.80 Å². The summed E-state index contributed by atoms with van der Waals surface area (Å²) in [6.07, 6.45) is 0.739. The molecule has 1 N–H and O–H groups in total. The van der Waals surface area contributed by atoms with Crippen molar-refractivity contribution in [2.45, 2.75) is 39.3 Å². The number of rotatable bonds is 9. The normalized spacial score (nSPS) is 16.7. The van der Waals surface area contributed by atoms with Crippen molar-refractivity contribution in [3.63, 3.8) is 0 Å². The van der Waals surface area contributed by atoms with Crippen LogP contribution in [0.1, 0.15) is 48.2 Å². The summed E-state index contributed by atoms with van der Waals surface area (Å²) in [4.78, 5) is 29.7. The molecular formula is C24H30N2O5. The number of carbonyl (C=O) groups is 2. The summed E-state index contributed by atoms with van der Waals surface area (Å²) >= 11 is 0. The molecule has 166 valence electrons. The molecule has 7 heteroatoms. The number of aliphatic hydroxyl groups excluding tert-OH is 1. The van der Waals surface area contributed by atoms with Crippen LogP contribution in [-0.4, -0.2) is 59.9 Å². The number of hydrogen-bond acceptors (Lipinski definition) is 6. The van der Waals surface area contributed by atoms with Gasteiger partial charge in [0.2, 0.25) is 5.78 Å². The van der Waals surface area contributed by atoms with Gasteiger partial charge in [0.1, 0.15) is 11.5 Å². The molecule has 0 fully saturated rings. The number of Topliss-reactive ketones (excluding diaryl/α,β-unsaturated/α-hetero) is 1. The van der Waals surface area contributed by atoms with Crippen LogP contribution in [0.5, 0.6) is 5.75 Å². The molecule has 0 unspecified atom stereocenters. The molecule has 0 spiro atoms. The van der Waals surface area contributed by atoms with Gasteiger partial charge in [0.25, 0.3) is 5.91 Å². The fourth-order valence-electron chi connectivity index (χ4n) is 3.71. The van der Waals surface area contributed by atoms with Crippen molar-refractivity contribution in [3.8, 4) is 5.75 Å². The lowest BCUT2D eigenvalue weighted by molar-refractivity contribution is -0.129. The van der Waals surface area contributed by atoms with E-state index >= 15 is 0 Å². The second-order valence-corrected chi connectivity index (χ2v) is 8.30. The Morgan fingerprint density at radius 1 is 1.19 bits per heavy atom. The molecule has 0 saturated carbocycles. The maximum atomic E-state index is 13.2. The topological polar surface area (TPSA) is 83.2 Å². The molecule has 1 amide bonds. The molecule has 3 rings (SSSR count). The van der Waals surface area contributed by atoms with Gasteiger partial charge >= 0.3 is 0 Å². The molecule has 0 saturated heterocycles. The van der Waals surface area contributed by atoms with E-state index in [1.54, 1.807) is 24.0 Å². The second-order valence-electron chi connectivity index (χ2n) is 8.30. The first kappa shape index (κ1) is 22.6. The number of aliphatic hydroxyl groups is 1. The monoisotopic (exact) mass is 426 g/mol. The van der Waals surface area contributed by atoms with Crippen LogP contribution in [-0.2, 0) is 4.79 Å². The number of hydrogen-bond donors (Lipinski definition) is 1. The van der Waals surface area contributed by atoms with E-state index in [1.165, 1.54) is 0 Å². The van der Waals surface area contributed by atoms with Crippen molar-refractivity contribution in [1.29, 1.82) is 0 Å². The zero-order valence-corrected chi connectivity index (χ0v) is 18.7. The molecule has 0 bridgehead atoms. The van der Waals surface area contributed by atoms with E-state index in [9.17, 15) is 14.7 Å². The van der Waals surface area contributed by atoms with Crippen molar-refractivity contribution in [3.05, 3.63) is 64.8 Å². The summed E-state index contributed by atoms with van der Waals surface area (Å²) in [5.74, 6) is -0.157. The third-order valence-electron chi connectivity index (χ3n) is 5.08. The Labute approximate surface area is 182 Å². The van der Waals surface area contributed by atoms with Gasteiger partial charge in [0.05, 0.1) is 17.7 Å². The number of ether oxygens (including phenoxy) is 1. The van der Waals surface area contributed by atoms with Crippen molar-refractivity contribution in [2.75, 3.05) is 27.2 Å². The molecule has 1 aliphatic rings. The molecule has 2 aromatic rings. The quantitative estimate of drug-likeness (QED) is 0.612. The minimum absolute atomic E-state index is 0.0321. The van der Waals surface area contributed by atoms with Crippen LogP contribution < -0.4 is 4.74 Å². The molecule has 7 nitrogen and oxygen atoms in total. The fourth-order valence-corrected chi connectivity index (χ4v) is 3.71. The second kappa shape index (κ2) is 9.39. The highest BCUT2D eigenvalue weighted by molar-refractivity contribution is 6.15. The number of amides is 1. The van der Waals surface area contributed by atoms with E-state index in [-0.39, 0.29) is 17.4 Å². The third-order valence-corrected chi connectivity index (χ3v) is 5.08. The van der Waals surface area contributed by atoms with Gasteiger partial charge in [-0.05, 0) is 77.7 Å². The van der Waals surface area contributed by atoms with E-state index in [2.05, 4.69) is 0 Å². The molecule has 1 aliphatic heterocycles. The molecule has 1 atom stereocenters. The van der Waals surface area contributed by atoms with Crippen LogP contribution in [0.4, 0.5) is 0 Å². The summed E-state index contributed by atoms with van der Waals surface area (Å²) in [6, 6.07) is 9.83. The number of benzene rings is 1. The highest BCUT2D eigenvalue weighted by Gasteiger charge is 2.44. The SMILES string of the molecule is Cc1ccc(C(=O)C2=C(O)C(=O)N(CCCN(C)C)[C@@H]2c2ccc(OC(C)C)cc2)o1. The Hall–Kier alpha value is -3.06. The van der Waals surface area contributed by atoms with Crippen LogP contribution in [0.3, 0.4) is 0 Å². The summed E-state index contributed by atoms with van der Waals surface area (Å²) in [5, 5.41) is 10.7. The van der Waals surface area contributed by atoms with Gasteiger partial charge in [-0.25, -0.2) is 0 Å². The van der Waals surface area contributed by atoms with Gasteiger partial charge in [0.15, 0.2) is 11.5 Å². The van der Waals surface area contributed by atoms with E-state index in [1.807, 2.05) is 57.1 Å². The predicted molar refractivity (Wildman–Crippen MR) is 117 cm³/mol. The van der Waals surface area contributed by atoms with Crippen molar-refractivity contribution < 1.29 is 23.8 Å². The summed E-state index contributed by atoms with van der Waals surface area (Å²) < 4.78 is 11.2. The standard InChI is InChI=1S/C24H30N2O5/c1-15(2)30-18-10-8-17(9-11-18)21-20(22(27)19-12-7-16(3)31-19)23(28)24(29)26(21)14-6-13-25(4)5/h7-12,15,21,28H,6,13-14H2,1-5H3/t21-/m1/s1. The lowest BCUT2D eigenvalue weighted by Gasteiger charge is -2.27. The first-order chi connectivity index (χ1) is 14.7. The lowest BCUT2D eigenvalue weighted by atomic mass is 9.95. The van der Waals surface area contributed by atoms with Gasteiger partial charge in [-0.3, -0.25) is 9.59 Å². The van der Waals surface area contributed by atoms with Crippen molar-refractivity contribution >= 4 is 11.7 Å². The smallest absolute Gasteiger partial charge is 0.290 e. The van der Waals surface area contributed by atoms with Crippen LogP contribution in [0, 0.1) is 6.92 Å². The van der Waals surface area contributed by atoms with E-state index in [4.69, 9.17) is 9.15 Å². The van der Waals surface area contributed by atoms with E-state index < -0.39 is 23.5 Å². The third kappa shape index (κ3) is 4.99. The average Bonchev–Trinajstić information content (AvgIpc) is 3.24. The Balaban J connectivity index is 1.98. The van der Waals surface area contributed by atoms with E-state index in [0.717, 1.165) is 12.1 Å². The molecule has 1 aromatic heterocycles.